The molecule has 1 aromatic rings. The SMILES string of the molecule is Cc1ccc(C(=O)N(C)CCCBr)c(C)n1. The largest absolute Gasteiger partial charge is 0.342 e. The van der Waals surface area contributed by atoms with Crippen molar-refractivity contribution in [3.63, 3.8) is 0 Å². The molecule has 0 N–H and O–H groups in total. The summed E-state index contributed by atoms with van der Waals surface area (Å²) in [7, 11) is 1.82. The van der Waals surface area contributed by atoms with Gasteiger partial charge in [0, 0.05) is 24.6 Å². The maximum atomic E-state index is 12.1. The van der Waals surface area contributed by atoms with Gasteiger partial charge < -0.3 is 4.90 Å². The van der Waals surface area contributed by atoms with Gasteiger partial charge in [-0.3, -0.25) is 9.78 Å². The van der Waals surface area contributed by atoms with Crippen molar-refractivity contribution in [2.75, 3.05) is 18.9 Å². The zero-order valence-electron chi connectivity index (χ0n) is 9.96. The average molecular weight is 285 g/mol. The molecule has 4 heteroatoms. The molecule has 0 fully saturated rings. The first-order valence-corrected chi connectivity index (χ1v) is 6.44. The van der Waals surface area contributed by atoms with E-state index in [-0.39, 0.29) is 5.91 Å². The molecule has 1 heterocycles. The normalized spacial score (nSPS) is 10.2. The van der Waals surface area contributed by atoms with Crippen molar-refractivity contribution in [2.24, 2.45) is 0 Å². The van der Waals surface area contributed by atoms with Crippen LogP contribution in [-0.2, 0) is 0 Å². The van der Waals surface area contributed by atoms with Crippen LogP contribution in [0, 0.1) is 13.8 Å². The standard InChI is InChI=1S/C12H17BrN2O/c1-9-5-6-11(10(2)14-9)12(16)15(3)8-4-7-13/h5-6H,4,7-8H2,1-3H3. The van der Waals surface area contributed by atoms with Crippen LogP contribution in [0.2, 0.25) is 0 Å². The van der Waals surface area contributed by atoms with Crippen molar-refractivity contribution in [3.05, 3.63) is 29.1 Å². The fraction of sp³-hybridized carbons (Fsp3) is 0.500. The van der Waals surface area contributed by atoms with E-state index in [2.05, 4.69) is 20.9 Å². The minimum absolute atomic E-state index is 0.0472. The van der Waals surface area contributed by atoms with E-state index < -0.39 is 0 Å². The van der Waals surface area contributed by atoms with Crippen molar-refractivity contribution < 1.29 is 4.79 Å². The molecule has 0 atom stereocenters. The van der Waals surface area contributed by atoms with Gasteiger partial charge in [0.25, 0.3) is 5.91 Å². The van der Waals surface area contributed by atoms with Gasteiger partial charge in [0.1, 0.15) is 0 Å². The van der Waals surface area contributed by atoms with Crippen molar-refractivity contribution in [3.8, 4) is 0 Å². The first kappa shape index (κ1) is 13.2. The molecule has 0 aliphatic carbocycles. The van der Waals surface area contributed by atoms with Gasteiger partial charge in [0.15, 0.2) is 0 Å². The lowest BCUT2D eigenvalue weighted by molar-refractivity contribution is 0.0794. The van der Waals surface area contributed by atoms with Crippen LogP contribution in [0.25, 0.3) is 0 Å². The van der Waals surface area contributed by atoms with Crippen molar-refractivity contribution in [1.82, 2.24) is 9.88 Å². The summed E-state index contributed by atoms with van der Waals surface area (Å²) in [4.78, 5) is 18.1. The average Bonchev–Trinajstić information content (AvgIpc) is 2.25. The molecule has 0 spiro atoms. The molecule has 0 unspecified atom stereocenters. The van der Waals surface area contributed by atoms with Crippen molar-refractivity contribution in [1.29, 1.82) is 0 Å². The number of pyridine rings is 1. The van der Waals surface area contributed by atoms with Gasteiger partial charge in [0.2, 0.25) is 0 Å². The van der Waals surface area contributed by atoms with E-state index in [1.165, 1.54) is 0 Å². The lowest BCUT2D eigenvalue weighted by Gasteiger charge is -2.17. The van der Waals surface area contributed by atoms with Crippen molar-refractivity contribution in [2.45, 2.75) is 20.3 Å². The smallest absolute Gasteiger partial charge is 0.255 e. The number of alkyl halides is 1. The Balaban J connectivity index is 2.79. The number of carbonyl (C=O) groups is 1. The quantitative estimate of drug-likeness (QED) is 0.797. The number of hydrogen-bond donors (Lipinski definition) is 0. The molecule has 16 heavy (non-hydrogen) atoms. The molecule has 0 aliphatic heterocycles. The molecule has 1 rings (SSSR count). The maximum Gasteiger partial charge on any atom is 0.255 e. The summed E-state index contributed by atoms with van der Waals surface area (Å²) in [6, 6.07) is 3.73. The Labute approximate surface area is 105 Å². The fourth-order valence-corrected chi connectivity index (χ4v) is 1.77. The molecule has 0 aliphatic rings. The van der Waals surface area contributed by atoms with E-state index in [4.69, 9.17) is 0 Å². The third-order valence-corrected chi connectivity index (χ3v) is 2.99. The number of nitrogens with zero attached hydrogens (tertiary/aromatic N) is 2. The van der Waals surface area contributed by atoms with Gasteiger partial charge in [-0.1, -0.05) is 15.9 Å². The van der Waals surface area contributed by atoms with Crippen LogP contribution in [0.1, 0.15) is 28.2 Å². The number of aromatic nitrogens is 1. The van der Waals surface area contributed by atoms with E-state index in [1.54, 1.807) is 4.90 Å². The van der Waals surface area contributed by atoms with Gasteiger partial charge in [-0.15, -0.1) is 0 Å². The molecular formula is C12H17BrN2O. The predicted molar refractivity (Wildman–Crippen MR) is 69.1 cm³/mol. The van der Waals surface area contributed by atoms with E-state index in [9.17, 15) is 4.79 Å². The zero-order chi connectivity index (χ0) is 12.1. The van der Waals surface area contributed by atoms with E-state index in [0.29, 0.717) is 5.56 Å². The highest BCUT2D eigenvalue weighted by molar-refractivity contribution is 9.09. The highest BCUT2D eigenvalue weighted by atomic mass is 79.9. The molecule has 0 saturated heterocycles. The van der Waals surface area contributed by atoms with Gasteiger partial charge in [0.05, 0.1) is 11.3 Å². The fourth-order valence-electron chi connectivity index (χ4n) is 1.52. The van der Waals surface area contributed by atoms with E-state index in [1.807, 2.05) is 33.0 Å². The Morgan fingerprint density at radius 2 is 2.12 bits per heavy atom. The highest BCUT2D eigenvalue weighted by Crippen LogP contribution is 2.09. The predicted octanol–water partition coefficient (Wildman–Crippen LogP) is 2.56. The van der Waals surface area contributed by atoms with Crippen LogP contribution < -0.4 is 0 Å². The Hall–Kier alpha value is -0.900. The van der Waals surface area contributed by atoms with Crippen LogP contribution in [-0.4, -0.2) is 34.7 Å². The Morgan fingerprint density at radius 3 is 2.69 bits per heavy atom. The zero-order valence-corrected chi connectivity index (χ0v) is 11.5. The third-order valence-electron chi connectivity index (χ3n) is 2.43. The Bertz CT molecular complexity index is 379. The van der Waals surface area contributed by atoms with Crippen LogP contribution in [0.15, 0.2) is 12.1 Å². The Kier molecular flexibility index (Phi) is 4.93. The first-order chi connectivity index (χ1) is 7.56. The summed E-state index contributed by atoms with van der Waals surface area (Å²) < 4.78 is 0. The minimum Gasteiger partial charge on any atom is -0.342 e. The molecule has 1 amide bonds. The summed E-state index contributed by atoms with van der Waals surface area (Å²) in [6.07, 6.45) is 0.959. The molecule has 1 aromatic heterocycles. The van der Waals surface area contributed by atoms with Crippen LogP contribution in [0.3, 0.4) is 0 Å². The highest BCUT2D eigenvalue weighted by Gasteiger charge is 2.14. The van der Waals surface area contributed by atoms with Crippen LogP contribution in [0.5, 0.6) is 0 Å². The lowest BCUT2D eigenvalue weighted by atomic mass is 10.1. The summed E-state index contributed by atoms with van der Waals surface area (Å²) in [6.45, 7) is 4.56. The number of halogens is 1. The third kappa shape index (κ3) is 3.30. The lowest BCUT2D eigenvalue weighted by Crippen LogP contribution is -2.28. The van der Waals surface area contributed by atoms with Gasteiger partial charge in [-0.25, -0.2) is 0 Å². The number of carbonyl (C=O) groups excluding carboxylic acids is 1. The number of aryl methyl sites for hydroxylation is 2. The van der Waals surface area contributed by atoms with E-state index >= 15 is 0 Å². The van der Waals surface area contributed by atoms with E-state index in [0.717, 1.165) is 29.7 Å². The topological polar surface area (TPSA) is 33.2 Å². The summed E-state index contributed by atoms with van der Waals surface area (Å²) >= 11 is 3.36. The minimum atomic E-state index is 0.0472. The van der Waals surface area contributed by atoms with Gasteiger partial charge >= 0.3 is 0 Å². The summed E-state index contributed by atoms with van der Waals surface area (Å²) in [5, 5.41) is 0.912. The van der Waals surface area contributed by atoms with Crippen LogP contribution >= 0.6 is 15.9 Å². The number of rotatable bonds is 4. The maximum absolute atomic E-state index is 12.1. The number of hydrogen-bond acceptors (Lipinski definition) is 2. The van der Waals surface area contributed by atoms with Gasteiger partial charge in [-0.05, 0) is 32.4 Å². The number of amides is 1. The molecule has 0 radical (unpaired) electrons. The van der Waals surface area contributed by atoms with Crippen molar-refractivity contribution >= 4 is 21.8 Å². The molecule has 88 valence electrons. The second-order valence-corrected chi connectivity index (χ2v) is 4.65. The first-order valence-electron chi connectivity index (χ1n) is 5.32. The van der Waals surface area contributed by atoms with Crippen LogP contribution in [0.4, 0.5) is 0 Å². The Morgan fingerprint density at radius 1 is 1.44 bits per heavy atom. The molecule has 0 bridgehead atoms. The summed E-state index contributed by atoms with van der Waals surface area (Å²) in [5.74, 6) is 0.0472. The van der Waals surface area contributed by atoms with Gasteiger partial charge in [-0.2, -0.15) is 0 Å². The monoisotopic (exact) mass is 284 g/mol. The molecule has 0 aromatic carbocycles. The molecule has 0 saturated carbocycles. The second-order valence-electron chi connectivity index (χ2n) is 3.85. The molecular weight excluding hydrogens is 268 g/mol. The second kappa shape index (κ2) is 5.99. The molecule has 3 nitrogen and oxygen atoms in total. The summed E-state index contributed by atoms with van der Waals surface area (Å²) in [5.41, 5.74) is 2.44.